The van der Waals surface area contributed by atoms with Gasteiger partial charge in [-0.15, -0.1) is 0 Å². The number of para-hydroxylation sites is 4. The van der Waals surface area contributed by atoms with E-state index in [0.29, 0.717) is 47.3 Å². The summed E-state index contributed by atoms with van der Waals surface area (Å²) in [4.78, 5) is 19.4. The first kappa shape index (κ1) is 67.2. The van der Waals surface area contributed by atoms with Crippen LogP contribution in [0.5, 0.6) is 0 Å². The first-order chi connectivity index (χ1) is 33.5. The number of hydrogen-bond acceptors (Lipinski definition) is 10. The fourth-order valence-electron chi connectivity index (χ4n) is 8.10. The second-order valence-electron chi connectivity index (χ2n) is 20.1. The number of aliphatic imine (C=N–C) groups is 4. The van der Waals surface area contributed by atoms with E-state index in [1.807, 2.05) is 24.9 Å². The third-order valence-electron chi connectivity index (χ3n) is 12.0. The molecule has 10 nitrogen and oxygen atoms in total. The van der Waals surface area contributed by atoms with E-state index >= 15 is 0 Å². The Hall–Kier alpha value is -3.80. The molecule has 4 aromatic rings. The van der Waals surface area contributed by atoms with E-state index in [1.54, 1.807) is 0 Å². The monoisotopic (exact) mass is 1050 g/mol. The van der Waals surface area contributed by atoms with Crippen LogP contribution < -0.4 is 21.0 Å². The second-order valence-corrected chi connectivity index (χ2v) is 20.1. The van der Waals surface area contributed by atoms with Crippen LogP contribution in [-0.2, 0) is 35.7 Å². The third kappa shape index (κ3) is 23.3. The van der Waals surface area contributed by atoms with E-state index in [-0.39, 0.29) is 26.2 Å². The molecule has 6 rings (SSSR count). The summed E-state index contributed by atoms with van der Waals surface area (Å²) in [6.45, 7) is 39.6. The molecule has 2 aliphatic heterocycles. The van der Waals surface area contributed by atoms with Gasteiger partial charge in [0.05, 0.1) is 22.7 Å². The molecule has 0 aromatic heterocycles. The predicted octanol–water partition coefficient (Wildman–Crippen LogP) is 13.4. The summed E-state index contributed by atoms with van der Waals surface area (Å²) in [6, 6.07) is 26.1. The van der Waals surface area contributed by atoms with Crippen LogP contribution in [0.15, 0.2) is 92.8 Å². The van der Waals surface area contributed by atoms with Crippen LogP contribution in [0.1, 0.15) is 228 Å². The minimum Gasteiger partial charge on any atom is -1.00 e. The molecule has 2 saturated heterocycles. The van der Waals surface area contributed by atoms with E-state index in [2.05, 4.69) is 184 Å². The van der Waals surface area contributed by atoms with Crippen molar-refractivity contribution in [3.05, 3.63) is 117 Å². The molecule has 0 radical (unpaired) electrons. The summed E-state index contributed by atoms with van der Waals surface area (Å²) in [5.41, 5.74) is 14.7. The molecule has 0 unspecified atom stereocenters. The number of benzene rings is 4. The molecule has 71 heavy (non-hydrogen) atoms. The molecule has 0 N–H and O–H groups in total. The Labute approximate surface area is 449 Å². The smallest absolute Gasteiger partial charge is 1.00 e. The van der Waals surface area contributed by atoms with Gasteiger partial charge in [-0.25, -0.2) is 0 Å². The van der Waals surface area contributed by atoms with E-state index in [1.165, 1.54) is 70.2 Å². The van der Waals surface area contributed by atoms with Gasteiger partial charge < -0.3 is 30.5 Å². The van der Waals surface area contributed by atoms with Gasteiger partial charge in [-0.3, -0.25) is 20.0 Å². The third-order valence-corrected chi connectivity index (χ3v) is 12.0. The van der Waals surface area contributed by atoms with Gasteiger partial charge in [-0.05, 0) is 118 Å². The van der Waals surface area contributed by atoms with Crippen molar-refractivity contribution in [1.29, 1.82) is 0 Å². The molecule has 0 spiro atoms. The fraction of sp³-hybridized carbons (Fsp3) is 0.533. The van der Waals surface area contributed by atoms with Crippen molar-refractivity contribution in [2.45, 2.75) is 184 Å². The van der Waals surface area contributed by atoms with Gasteiger partial charge in [-0.1, -0.05) is 184 Å². The van der Waals surface area contributed by atoms with Gasteiger partial charge >= 0.3 is 26.2 Å². The van der Waals surface area contributed by atoms with Gasteiger partial charge in [0, 0.05) is 51.3 Å². The molecule has 0 bridgehead atoms. The van der Waals surface area contributed by atoms with Crippen LogP contribution >= 0.6 is 0 Å². The van der Waals surface area contributed by atoms with Crippen LogP contribution in [0.2, 0.25) is 0 Å². The Morgan fingerprint density at radius 2 is 0.451 bits per heavy atom. The van der Waals surface area contributed by atoms with Gasteiger partial charge in [0.2, 0.25) is 0 Å². The molecule has 2 heterocycles. The molecular formula is C60H88N4O6Zr. The summed E-state index contributed by atoms with van der Waals surface area (Å²) < 4.78 is 9.89. The summed E-state index contributed by atoms with van der Waals surface area (Å²) in [5, 5.41) is 28.0. The molecular weight excluding hydrogens is 964 g/mol. The number of nitrogens with zero attached hydrogens (tertiary/aromatic N) is 4. The molecule has 0 amide bonds. The van der Waals surface area contributed by atoms with Gasteiger partial charge in [0.25, 0.3) is 0 Å². The van der Waals surface area contributed by atoms with Crippen LogP contribution in [0.25, 0.3) is 0 Å². The zero-order valence-electron chi connectivity index (χ0n) is 46.3. The van der Waals surface area contributed by atoms with E-state index in [9.17, 15) is 0 Å². The Bertz CT molecular complexity index is 1750. The summed E-state index contributed by atoms with van der Waals surface area (Å²) >= 11 is 0. The van der Waals surface area contributed by atoms with Crippen molar-refractivity contribution < 1.29 is 56.7 Å². The van der Waals surface area contributed by atoms with Crippen molar-refractivity contribution in [1.82, 2.24) is 0 Å². The van der Waals surface area contributed by atoms with Crippen molar-refractivity contribution in [3.8, 4) is 0 Å². The maximum Gasteiger partial charge on any atom is 4.00 e. The SMILES string of the molecule is C1CCOC1.C1CCOC1.CC(C)c1cccc(C(C)C)c1N=CC=Nc1c(C(C)C)cccc1C(C)C.CC(C)c1cccc(C(C)C)c1N=CC=Nc1c(C(C)C)cccc1C(C)C.[O-][O-].[O-][O-].[Zr+4]. The van der Waals surface area contributed by atoms with E-state index in [0.717, 1.165) is 49.2 Å². The maximum atomic E-state index is 7.00. The van der Waals surface area contributed by atoms with Crippen LogP contribution in [-0.4, -0.2) is 51.3 Å². The average molecular weight is 1050 g/mol. The van der Waals surface area contributed by atoms with E-state index in [4.69, 9.17) is 50.5 Å². The molecule has 4 aromatic carbocycles. The Kier molecular flexibility index (Phi) is 35.9. The summed E-state index contributed by atoms with van der Waals surface area (Å²) in [6.07, 6.45) is 12.5. The molecule has 11 heteroatoms. The number of hydrogen-bond donors (Lipinski definition) is 0. The Morgan fingerprint density at radius 3 is 0.549 bits per heavy atom. The first-order valence-corrected chi connectivity index (χ1v) is 25.6. The van der Waals surface area contributed by atoms with Crippen molar-refractivity contribution >= 4 is 47.6 Å². The summed E-state index contributed by atoms with van der Waals surface area (Å²) in [5.74, 6) is 3.53. The van der Waals surface area contributed by atoms with Gasteiger partial charge in [-0.2, -0.15) is 0 Å². The second kappa shape index (κ2) is 37.9. The first-order valence-electron chi connectivity index (χ1n) is 25.6. The summed E-state index contributed by atoms with van der Waals surface area (Å²) in [7, 11) is 0. The zero-order valence-corrected chi connectivity index (χ0v) is 48.7. The van der Waals surface area contributed by atoms with Crippen molar-refractivity contribution in [3.63, 3.8) is 0 Å². The average Bonchev–Trinajstić information content (AvgIpc) is 4.14. The van der Waals surface area contributed by atoms with Crippen LogP contribution in [0.3, 0.4) is 0 Å². The van der Waals surface area contributed by atoms with Crippen LogP contribution in [0.4, 0.5) is 22.7 Å². The van der Waals surface area contributed by atoms with Gasteiger partial charge in [0.1, 0.15) is 0 Å². The van der Waals surface area contributed by atoms with Crippen molar-refractivity contribution in [2.24, 2.45) is 20.0 Å². The number of ether oxygens (including phenoxy) is 2. The molecule has 0 atom stereocenters. The zero-order chi connectivity index (χ0) is 52.8. The minimum atomic E-state index is 0. The largest absolute Gasteiger partial charge is 4.00 e. The van der Waals surface area contributed by atoms with Crippen molar-refractivity contribution in [2.75, 3.05) is 26.4 Å². The minimum absolute atomic E-state index is 0. The van der Waals surface area contributed by atoms with Crippen LogP contribution in [0, 0.1) is 0 Å². The molecule has 2 aliphatic rings. The predicted molar refractivity (Wildman–Crippen MR) is 291 cm³/mol. The topological polar surface area (TPSA) is 160 Å². The maximum absolute atomic E-state index is 7.00. The standard InChI is InChI=1S/2C26H36N2.2C4H8O.2O2.Zr/c2*1-17(2)21-11-9-12-22(18(3)4)25(21)27-15-16-28-26-23(19(5)6)13-10-14-24(26)20(7)8;2*1-2-4-5-3-1;2*1-2;/h2*9-20H,1-8H3;2*1-4H2;;;/q;;;;2*-2;+4. The number of rotatable bonds is 14. The Morgan fingerprint density at radius 1 is 0.310 bits per heavy atom. The van der Waals surface area contributed by atoms with E-state index < -0.39 is 0 Å². The Balaban J connectivity index is 0.00000107. The molecule has 388 valence electrons. The fourth-order valence-corrected chi connectivity index (χ4v) is 8.10. The van der Waals surface area contributed by atoms with Gasteiger partial charge in [0.15, 0.2) is 0 Å². The molecule has 2 fully saturated rings. The molecule has 0 saturated carbocycles. The quantitative estimate of drug-likeness (QED) is 0.0694. The normalized spacial score (nSPS) is 13.5. The molecule has 0 aliphatic carbocycles.